The van der Waals surface area contributed by atoms with Crippen molar-refractivity contribution in [3.8, 4) is 0 Å². The Morgan fingerprint density at radius 2 is 1.79 bits per heavy atom. The van der Waals surface area contributed by atoms with E-state index in [4.69, 9.17) is 0 Å². The molecule has 0 atom stereocenters. The van der Waals surface area contributed by atoms with Crippen LogP contribution < -0.4 is 10.0 Å². The minimum Gasteiger partial charge on any atom is -0.313 e. The van der Waals surface area contributed by atoms with E-state index in [0.29, 0.717) is 18.0 Å². The smallest absolute Gasteiger partial charge is 0.232 e. The van der Waals surface area contributed by atoms with E-state index in [1.807, 2.05) is 26.0 Å². The first kappa shape index (κ1) is 16.0. The zero-order valence-corrected chi connectivity index (χ0v) is 12.8. The molecule has 0 amide bonds. The zero-order chi connectivity index (χ0) is 14.3. The molecule has 0 heterocycles. The highest BCUT2D eigenvalue weighted by Crippen LogP contribution is 2.13. The summed E-state index contributed by atoms with van der Waals surface area (Å²) < 4.78 is 26.3. The molecule has 0 spiro atoms. The van der Waals surface area contributed by atoms with Gasteiger partial charge >= 0.3 is 0 Å². The van der Waals surface area contributed by atoms with Gasteiger partial charge in [0.25, 0.3) is 0 Å². The van der Waals surface area contributed by atoms with Crippen molar-refractivity contribution in [2.75, 3.05) is 17.0 Å². The first-order valence-electron chi connectivity index (χ1n) is 6.73. The van der Waals surface area contributed by atoms with Gasteiger partial charge in [0.2, 0.25) is 10.0 Å². The van der Waals surface area contributed by atoms with Gasteiger partial charge < -0.3 is 5.32 Å². The summed E-state index contributed by atoms with van der Waals surface area (Å²) in [6, 6.07) is 7.48. The number of hydrogen-bond donors (Lipinski definition) is 2. The van der Waals surface area contributed by atoms with Crippen LogP contribution in [0, 0.1) is 5.92 Å². The van der Waals surface area contributed by atoms with Crippen molar-refractivity contribution >= 4 is 15.7 Å². The first-order valence-corrected chi connectivity index (χ1v) is 8.38. The van der Waals surface area contributed by atoms with Gasteiger partial charge in [-0.15, -0.1) is 0 Å². The van der Waals surface area contributed by atoms with Crippen LogP contribution >= 0.6 is 0 Å². The summed E-state index contributed by atoms with van der Waals surface area (Å²) in [6.07, 6.45) is 0.674. The normalized spacial score (nSPS) is 11.8. The molecular weight excluding hydrogens is 260 g/mol. The van der Waals surface area contributed by atoms with E-state index < -0.39 is 10.0 Å². The maximum absolute atomic E-state index is 11.8. The number of benzene rings is 1. The minimum atomic E-state index is -3.23. The summed E-state index contributed by atoms with van der Waals surface area (Å²) in [5.41, 5.74) is 1.77. The fourth-order valence-corrected chi connectivity index (χ4v) is 2.96. The van der Waals surface area contributed by atoms with Crippen molar-refractivity contribution in [3.05, 3.63) is 29.8 Å². The molecule has 1 rings (SSSR count). The van der Waals surface area contributed by atoms with Gasteiger partial charge in [-0.05, 0) is 36.6 Å². The van der Waals surface area contributed by atoms with E-state index in [1.165, 1.54) is 0 Å². The third-order valence-electron chi connectivity index (χ3n) is 2.77. The van der Waals surface area contributed by atoms with Crippen molar-refractivity contribution in [2.24, 2.45) is 5.92 Å². The van der Waals surface area contributed by atoms with Gasteiger partial charge in [-0.1, -0.05) is 32.9 Å². The predicted octanol–water partition coefficient (Wildman–Crippen LogP) is 2.58. The molecule has 5 heteroatoms. The highest BCUT2D eigenvalue weighted by Gasteiger charge is 2.11. The molecule has 0 saturated heterocycles. The standard InChI is InChI=1S/C14H24N2O2S/c1-4-15-11-13-5-7-14(8-6-13)16-19(17,18)10-9-12(2)3/h5-8,12,15-16H,4,9-11H2,1-3H3. The van der Waals surface area contributed by atoms with Crippen LogP contribution in [-0.2, 0) is 16.6 Å². The molecule has 0 aliphatic carbocycles. The Kier molecular flexibility index (Phi) is 6.31. The molecule has 0 aliphatic rings. The van der Waals surface area contributed by atoms with Crippen LogP contribution in [0.15, 0.2) is 24.3 Å². The lowest BCUT2D eigenvalue weighted by Gasteiger charge is -2.10. The lowest BCUT2D eigenvalue weighted by Crippen LogP contribution is -2.18. The Labute approximate surface area is 116 Å². The van der Waals surface area contributed by atoms with E-state index in [0.717, 1.165) is 18.7 Å². The van der Waals surface area contributed by atoms with E-state index in [-0.39, 0.29) is 5.75 Å². The average molecular weight is 284 g/mol. The number of hydrogen-bond acceptors (Lipinski definition) is 3. The third-order valence-corrected chi connectivity index (χ3v) is 4.09. The van der Waals surface area contributed by atoms with Crippen LogP contribution in [0.2, 0.25) is 0 Å². The average Bonchev–Trinajstić information content (AvgIpc) is 2.35. The first-order chi connectivity index (χ1) is 8.93. The van der Waals surface area contributed by atoms with Crippen LogP contribution in [-0.4, -0.2) is 20.7 Å². The van der Waals surface area contributed by atoms with Gasteiger partial charge in [-0.2, -0.15) is 0 Å². The highest BCUT2D eigenvalue weighted by atomic mass is 32.2. The third kappa shape index (κ3) is 6.59. The maximum Gasteiger partial charge on any atom is 0.232 e. The molecule has 0 unspecified atom stereocenters. The predicted molar refractivity (Wildman–Crippen MR) is 80.7 cm³/mol. The largest absolute Gasteiger partial charge is 0.313 e. The monoisotopic (exact) mass is 284 g/mol. The molecule has 0 bridgehead atoms. The Bertz CT molecular complexity index is 467. The van der Waals surface area contributed by atoms with Gasteiger partial charge in [0.1, 0.15) is 0 Å². The van der Waals surface area contributed by atoms with Gasteiger partial charge in [-0.25, -0.2) is 8.42 Å². The number of anilines is 1. The summed E-state index contributed by atoms with van der Waals surface area (Å²) in [7, 11) is -3.23. The SMILES string of the molecule is CCNCc1ccc(NS(=O)(=O)CCC(C)C)cc1. The molecule has 4 nitrogen and oxygen atoms in total. The van der Waals surface area contributed by atoms with Crippen LogP contribution in [0.3, 0.4) is 0 Å². The maximum atomic E-state index is 11.8. The summed E-state index contributed by atoms with van der Waals surface area (Å²) >= 11 is 0. The zero-order valence-electron chi connectivity index (χ0n) is 11.9. The van der Waals surface area contributed by atoms with Crippen LogP contribution in [0.1, 0.15) is 32.8 Å². The van der Waals surface area contributed by atoms with E-state index in [1.54, 1.807) is 12.1 Å². The van der Waals surface area contributed by atoms with Gasteiger partial charge in [-0.3, -0.25) is 4.72 Å². The van der Waals surface area contributed by atoms with E-state index in [9.17, 15) is 8.42 Å². The number of rotatable bonds is 8. The van der Waals surface area contributed by atoms with E-state index in [2.05, 4.69) is 17.0 Å². The minimum absolute atomic E-state index is 0.170. The lowest BCUT2D eigenvalue weighted by atomic mass is 10.2. The van der Waals surface area contributed by atoms with Gasteiger partial charge in [0, 0.05) is 12.2 Å². The quantitative estimate of drug-likeness (QED) is 0.771. The van der Waals surface area contributed by atoms with Crippen molar-refractivity contribution in [1.29, 1.82) is 0 Å². The second-order valence-corrected chi connectivity index (χ2v) is 6.92. The molecule has 0 fully saturated rings. The lowest BCUT2D eigenvalue weighted by molar-refractivity contribution is 0.578. The molecule has 108 valence electrons. The fraction of sp³-hybridized carbons (Fsp3) is 0.571. The molecule has 1 aromatic carbocycles. The molecule has 19 heavy (non-hydrogen) atoms. The van der Waals surface area contributed by atoms with Crippen molar-refractivity contribution in [2.45, 2.75) is 33.7 Å². The van der Waals surface area contributed by atoms with Crippen LogP contribution in [0.25, 0.3) is 0 Å². The molecule has 0 saturated carbocycles. The summed E-state index contributed by atoms with van der Waals surface area (Å²) in [4.78, 5) is 0. The van der Waals surface area contributed by atoms with Crippen molar-refractivity contribution < 1.29 is 8.42 Å². The number of sulfonamides is 1. The fourth-order valence-electron chi connectivity index (χ4n) is 1.58. The Hall–Kier alpha value is -1.07. The summed E-state index contributed by atoms with van der Waals surface area (Å²) in [5.74, 6) is 0.558. The van der Waals surface area contributed by atoms with Gasteiger partial charge in [0.05, 0.1) is 5.75 Å². The van der Waals surface area contributed by atoms with Crippen LogP contribution in [0.5, 0.6) is 0 Å². The Morgan fingerprint density at radius 3 is 2.32 bits per heavy atom. The molecule has 0 radical (unpaired) electrons. The Balaban J connectivity index is 2.57. The van der Waals surface area contributed by atoms with Crippen molar-refractivity contribution in [3.63, 3.8) is 0 Å². The topological polar surface area (TPSA) is 58.2 Å². The van der Waals surface area contributed by atoms with Crippen LogP contribution in [0.4, 0.5) is 5.69 Å². The Morgan fingerprint density at radius 1 is 1.16 bits per heavy atom. The number of nitrogens with one attached hydrogen (secondary N) is 2. The molecule has 0 aromatic heterocycles. The summed E-state index contributed by atoms with van der Waals surface area (Å²) in [6.45, 7) is 7.81. The molecule has 2 N–H and O–H groups in total. The van der Waals surface area contributed by atoms with E-state index >= 15 is 0 Å². The summed E-state index contributed by atoms with van der Waals surface area (Å²) in [5, 5.41) is 3.23. The molecular formula is C14H24N2O2S. The molecule has 0 aliphatic heterocycles. The molecule has 1 aromatic rings. The second-order valence-electron chi connectivity index (χ2n) is 5.08. The highest BCUT2D eigenvalue weighted by molar-refractivity contribution is 7.92. The second kappa shape index (κ2) is 7.50. The van der Waals surface area contributed by atoms with Gasteiger partial charge in [0.15, 0.2) is 0 Å². The van der Waals surface area contributed by atoms with Crippen molar-refractivity contribution in [1.82, 2.24) is 5.32 Å².